The molecule has 0 radical (unpaired) electrons. The normalized spacial score (nSPS) is 18.3. The fourth-order valence-corrected chi connectivity index (χ4v) is 1.86. The molecule has 0 amide bonds. The molecular weight excluding hydrogens is 192 g/mol. The first-order valence-electron chi connectivity index (χ1n) is 4.99. The van der Waals surface area contributed by atoms with Gasteiger partial charge in [-0.1, -0.05) is 6.07 Å². The lowest BCUT2D eigenvalue weighted by molar-refractivity contribution is 0.528. The van der Waals surface area contributed by atoms with Gasteiger partial charge in [-0.05, 0) is 30.5 Å². The molecule has 0 unspecified atom stereocenters. The van der Waals surface area contributed by atoms with E-state index in [9.17, 15) is 4.79 Å². The number of hydrogen-bond acceptors (Lipinski definition) is 3. The van der Waals surface area contributed by atoms with Crippen LogP contribution in [0.4, 0.5) is 0 Å². The smallest absolute Gasteiger partial charge is 0.408 e. The van der Waals surface area contributed by atoms with Crippen molar-refractivity contribution in [3.63, 3.8) is 0 Å². The van der Waals surface area contributed by atoms with Crippen molar-refractivity contribution < 1.29 is 4.42 Å². The van der Waals surface area contributed by atoms with Gasteiger partial charge in [0, 0.05) is 12.6 Å². The third-order valence-electron chi connectivity index (χ3n) is 3.16. The monoisotopic (exact) mass is 204 g/mol. The summed E-state index contributed by atoms with van der Waals surface area (Å²) >= 11 is 0. The first-order valence-corrected chi connectivity index (χ1v) is 4.99. The number of fused-ring (bicyclic) bond motifs is 1. The Hall–Kier alpha value is -1.55. The van der Waals surface area contributed by atoms with E-state index >= 15 is 0 Å². The summed E-state index contributed by atoms with van der Waals surface area (Å²) in [6.07, 6.45) is 2.04. The van der Waals surface area contributed by atoms with Gasteiger partial charge in [-0.25, -0.2) is 4.79 Å². The van der Waals surface area contributed by atoms with Gasteiger partial charge in [-0.15, -0.1) is 0 Å². The van der Waals surface area contributed by atoms with E-state index in [-0.39, 0.29) is 11.3 Å². The second-order valence-corrected chi connectivity index (χ2v) is 4.27. The topological polar surface area (TPSA) is 61.2 Å². The minimum absolute atomic E-state index is 0.165. The number of oxazole rings is 1. The quantitative estimate of drug-likeness (QED) is 0.756. The van der Waals surface area contributed by atoms with Crippen molar-refractivity contribution in [1.29, 1.82) is 0 Å². The minimum Gasteiger partial charge on any atom is -0.408 e. The highest BCUT2D eigenvalue weighted by Gasteiger charge is 2.40. The molecule has 78 valence electrons. The summed E-state index contributed by atoms with van der Waals surface area (Å²) in [4.78, 5) is 11.3. The Balaban J connectivity index is 2.29. The fraction of sp³-hybridized carbons (Fsp3) is 0.364. The van der Waals surface area contributed by atoms with Gasteiger partial charge in [0.15, 0.2) is 5.58 Å². The van der Waals surface area contributed by atoms with Crippen molar-refractivity contribution in [2.24, 2.45) is 12.8 Å². The summed E-state index contributed by atoms with van der Waals surface area (Å²) in [5.41, 5.74) is 8.46. The maximum atomic E-state index is 11.3. The van der Waals surface area contributed by atoms with E-state index in [0.717, 1.165) is 23.9 Å². The summed E-state index contributed by atoms with van der Waals surface area (Å²) in [6.45, 7) is 0. The molecule has 4 nitrogen and oxygen atoms in total. The molecule has 1 heterocycles. The van der Waals surface area contributed by atoms with Crippen LogP contribution in [0.25, 0.3) is 11.1 Å². The summed E-state index contributed by atoms with van der Waals surface area (Å²) in [5, 5.41) is 0. The van der Waals surface area contributed by atoms with Gasteiger partial charge in [0.1, 0.15) is 0 Å². The molecule has 1 aromatic carbocycles. The molecule has 3 rings (SSSR count). The van der Waals surface area contributed by atoms with Crippen LogP contribution in [-0.2, 0) is 12.6 Å². The van der Waals surface area contributed by atoms with Gasteiger partial charge in [0.25, 0.3) is 0 Å². The molecule has 0 spiro atoms. The molecular formula is C11H12N2O2. The highest BCUT2D eigenvalue weighted by Crippen LogP contribution is 2.43. The summed E-state index contributed by atoms with van der Waals surface area (Å²) in [7, 11) is 1.70. The van der Waals surface area contributed by atoms with Gasteiger partial charge < -0.3 is 10.2 Å². The number of hydrogen-bond donors (Lipinski definition) is 1. The van der Waals surface area contributed by atoms with Crippen molar-refractivity contribution in [2.45, 2.75) is 18.4 Å². The molecule has 1 aliphatic carbocycles. The minimum atomic E-state index is -0.330. The molecule has 0 bridgehead atoms. The highest BCUT2D eigenvalue weighted by atomic mass is 16.4. The first kappa shape index (κ1) is 8.73. The zero-order chi connectivity index (χ0) is 10.6. The van der Waals surface area contributed by atoms with E-state index in [4.69, 9.17) is 10.2 Å². The molecule has 1 aliphatic rings. The second kappa shape index (κ2) is 2.52. The lowest BCUT2D eigenvalue weighted by Crippen LogP contribution is -2.18. The van der Waals surface area contributed by atoms with E-state index in [2.05, 4.69) is 0 Å². The molecule has 1 saturated carbocycles. The first-order chi connectivity index (χ1) is 7.10. The molecule has 15 heavy (non-hydrogen) atoms. The zero-order valence-corrected chi connectivity index (χ0v) is 8.49. The van der Waals surface area contributed by atoms with E-state index in [1.165, 1.54) is 4.57 Å². The van der Waals surface area contributed by atoms with Crippen molar-refractivity contribution >= 4 is 11.1 Å². The maximum Gasteiger partial charge on any atom is 0.419 e. The van der Waals surface area contributed by atoms with Gasteiger partial charge >= 0.3 is 5.76 Å². The zero-order valence-electron chi connectivity index (χ0n) is 8.49. The van der Waals surface area contributed by atoms with Crippen LogP contribution in [0, 0.1) is 0 Å². The fourth-order valence-electron chi connectivity index (χ4n) is 1.86. The molecule has 4 heteroatoms. The van der Waals surface area contributed by atoms with E-state index in [0.29, 0.717) is 5.58 Å². The lowest BCUT2D eigenvalue weighted by atomic mass is 10.1. The van der Waals surface area contributed by atoms with Crippen LogP contribution < -0.4 is 11.5 Å². The SMILES string of the molecule is Cn1c(=O)oc2ccc(C3(N)CC3)cc21. The van der Waals surface area contributed by atoms with Crippen LogP contribution in [0.1, 0.15) is 18.4 Å². The Morgan fingerprint density at radius 2 is 2.20 bits per heavy atom. The average molecular weight is 204 g/mol. The number of benzene rings is 1. The van der Waals surface area contributed by atoms with E-state index in [1.54, 1.807) is 7.05 Å². The molecule has 1 aromatic heterocycles. The Morgan fingerprint density at radius 3 is 2.87 bits per heavy atom. The maximum absolute atomic E-state index is 11.3. The second-order valence-electron chi connectivity index (χ2n) is 4.27. The largest absolute Gasteiger partial charge is 0.419 e. The van der Waals surface area contributed by atoms with Crippen LogP contribution in [0.3, 0.4) is 0 Å². The number of nitrogens with zero attached hydrogens (tertiary/aromatic N) is 1. The Labute approximate surface area is 86.3 Å². The lowest BCUT2D eigenvalue weighted by Gasteiger charge is -2.08. The van der Waals surface area contributed by atoms with Gasteiger partial charge in [0.05, 0.1) is 5.52 Å². The molecule has 2 aromatic rings. The van der Waals surface area contributed by atoms with Gasteiger partial charge in [-0.3, -0.25) is 4.57 Å². The van der Waals surface area contributed by atoms with Crippen LogP contribution in [-0.4, -0.2) is 4.57 Å². The average Bonchev–Trinajstić information content (AvgIpc) is 2.90. The van der Waals surface area contributed by atoms with Crippen LogP contribution in [0.5, 0.6) is 0 Å². The van der Waals surface area contributed by atoms with Crippen molar-refractivity contribution in [3.8, 4) is 0 Å². The van der Waals surface area contributed by atoms with Crippen molar-refractivity contribution in [2.75, 3.05) is 0 Å². The molecule has 2 N–H and O–H groups in total. The predicted octanol–water partition coefficient (Wildman–Crippen LogP) is 1.08. The Morgan fingerprint density at radius 1 is 1.47 bits per heavy atom. The Bertz CT molecular complexity index is 590. The number of aryl methyl sites for hydroxylation is 1. The molecule has 0 aliphatic heterocycles. The van der Waals surface area contributed by atoms with Crippen molar-refractivity contribution in [1.82, 2.24) is 4.57 Å². The third kappa shape index (κ3) is 1.15. The molecule has 0 saturated heterocycles. The highest BCUT2D eigenvalue weighted by molar-refractivity contribution is 5.74. The van der Waals surface area contributed by atoms with Gasteiger partial charge in [-0.2, -0.15) is 0 Å². The summed E-state index contributed by atoms with van der Waals surface area (Å²) in [5.74, 6) is -0.330. The van der Waals surface area contributed by atoms with E-state index < -0.39 is 0 Å². The van der Waals surface area contributed by atoms with Gasteiger partial charge in [0.2, 0.25) is 0 Å². The summed E-state index contributed by atoms with van der Waals surface area (Å²) in [6, 6.07) is 5.71. The molecule has 1 fully saturated rings. The number of nitrogens with two attached hydrogens (primary N) is 1. The third-order valence-corrected chi connectivity index (χ3v) is 3.16. The number of aromatic nitrogens is 1. The van der Waals surface area contributed by atoms with Crippen LogP contribution in [0.2, 0.25) is 0 Å². The van der Waals surface area contributed by atoms with Crippen LogP contribution >= 0.6 is 0 Å². The summed E-state index contributed by atoms with van der Waals surface area (Å²) < 4.78 is 6.56. The van der Waals surface area contributed by atoms with Crippen molar-refractivity contribution in [3.05, 3.63) is 34.3 Å². The number of rotatable bonds is 1. The molecule has 0 atom stereocenters. The predicted molar refractivity (Wildman–Crippen MR) is 56.6 cm³/mol. The van der Waals surface area contributed by atoms with Crippen LogP contribution in [0.15, 0.2) is 27.4 Å². The Kier molecular flexibility index (Phi) is 1.47. The van der Waals surface area contributed by atoms with E-state index in [1.807, 2.05) is 18.2 Å². The standard InChI is InChI=1S/C11H12N2O2/c1-13-8-6-7(11(12)4-5-11)2-3-9(8)15-10(13)14/h2-3,6H,4-5,12H2,1H3.